The number of hydrogen-bond acceptors (Lipinski definition) is 7. The van der Waals surface area contributed by atoms with Gasteiger partial charge in [0.05, 0.1) is 22.5 Å². The van der Waals surface area contributed by atoms with E-state index in [-0.39, 0.29) is 70.0 Å². The summed E-state index contributed by atoms with van der Waals surface area (Å²) in [4.78, 5) is 58.7. The summed E-state index contributed by atoms with van der Waals surface area (Å²) in [6.07, 6.45) is 0.833. The van der Waals surface area contributed by atoms with Crippen molar-refractivity contribution in [2.75, 3.05) is 16.8 Å². The third-order valence-electron chi connectivity index (χ3n) is 10.7. The molecule has 3 heterocycles. The summed E-state index contributed by atoms with van der Waals surface area (Å²) in [6, 6.07) is 29.0. The van der Waals surface area contributed by atoms with E-state index in [0.29, 0.717) is 11.4 Å². The average Bonchev–Trinajstić information content (AvgIpc) is 3.83. The second kappa shape index (κ2) is 11.2. The second-order valence-electron chi connectivity index (χ2n) is 13.2. The standard InChI is InChI=1S/C38H31N3O5S2/c1-19-9-13-22(14-10-19)41-36(43)31-25-17-26(32(31)37(41)44)33-30(25)29(34-35(47-33)40-38(45)48-34)21-11-15-23(16-12-21)46-18-28(42)39-27-8-4-6-20-5-2-3-7-24(20)27/h2-16,25-26,29-33H,17-18H2,1H3,(H,39,42)(H,40,45)/t25-,26-,29+,30-,31+,32+,33-/m1/s1. The van der Waals surface area contributed by atoms with E-state index in [1.54, 1.807) is 11.8 Å². The van der Waals surface area contributed by atoms with Crippen molar-refractivity contribution < 1.29 is 19.1 Å². The van der Waals surface area contributed by atoms with Crippen molar-refractivity contribution in [3.05, 3.63) is 117 Å². The molecule has 0 unspecified atom stereocenters. The molecule has 4 aliphatic rings. The summed E-state index contributed by atoms with van der Waals surface area (Å²) in [5, 5.41) is 5.96. The molecule has 240 valence electrons. The summed E-state index contributed by atoms with van der Waals surface area (Å²) < 4.78 is 5.89. The van der Waals surface area contributed by atoms with Crippen molar-refractivity contribution in [2.45, 2.75) is 29.5 Å². The van der Waals surface area contributed by atoms with Gasteiger partial charge in [0, 0.05) is 27.1 Å². The molecule has 2 aliphatic carbocycles. The number of thiazole rings is 1. The molecule has 0 spiro atoms. The van der Waals surface area contributed by atoms with Crippen LogP contribution in [-0.2, 0) is 14.4 Å². The number of rotatable bonds is 6. The molecule has 0 radical (unpaired) electrons. The number of nitrogens with zero attached hydrogens (tertiary/aromatic N) is 1. The Balaban J connectivity index is 0.966. The van der Waals surface area contributed by atoms with Gasteiger partial charge in [-0.1, -0.05) is 77.6 Å². The Bertz CT molecular complexity index is 2170. The van der Waals surface area contributed by atoms with Crippen LogP contribution in [0.25, 0.3) is 10.8 Å². The molecule has 10 heteroatoms. The SMILES string of the molecule is Cc1ccc(N2C(=O)[C@H]3[C@H]4C[C@@H]([C@@H]3C2=O)[C@@H]2[C@H](c3ccc(OCC(=O)Nc5cccc6ccccc56)cc3)c3sc(=O)[nH]c3S[C@H]42)cc1. The number of H-pyrrole nitrogens is 1. The van der Waals surface area contributed by atoms with Crippen molar-refractivity contribution in [1.82, 2.24) is 4.98 Å². The van der Waals surface area contributed by atoms with Gasteiger partial charge < -0.3 is 15.0 Å². The van der Waals surface area contributed by atoms with E-state index in [4.69, 9.17) is 4.74 Å². The van der Waals surface area contributed by atoms with Gasteiger partial charge in [-0.25, -0.2) is 0 Å². The molecule has 2 bridgehead atoms. The first-order valence-electron chi connectivity index (χ1n) is 16.2. The molecule has 3 amide bonds. The van der Waals surface area contributed by atoms with Gasteiger partial charge in [-0.05, 0) is 72.4 Å². The maximum atomic E-state index is 14.0. The molecular formula is C38H31N3O5S2. The van der Waals surface area contributed by atoms with Crippen LogP contribution in [0.2, 0.25) is 0 Å². The van der Waals surface area contributed by atoms with Gasteiger partial charge >= 0.3 is 4.87 Å². The lowest BCUT2D eigenvalue weighted by atomic mass is 9.68. The highest BCUT2D eigenvalue weighted by molar-refractivity contribution is 8.00. The molecule has 1 aromatic heterocycles. The number of ether oxygens (including phenoxy) is 1. The molecule has 3 fully saturated rings. The highest BCUT2D eigenvalue weighted by Crippen LogP contribution is 2.68. The number of carbonyl (C=O) groups is 3. The maximum absolute atomic E-state index is 14.0. The van der Waals surface area contributed by atoms with Crippen molar-refractivity contribution >= 4 is 63.0 Å². The Morgan fingerprint density at radius 1 is 0.896 bits per heavy atom. The van der Waals surface area contributed by atoms with Gasteiger partial charge in [0.1, 0.15) is 5.75 Å². The maximum Gasteiger partial charge on any atom is 0.305 e. The van der Waals surface area contributed by atoms with Gasteiger partial charge in [0.15, 0.2) is 6.61 Å². The lowest BCUT2D eigenvalue weighted by Gasteiger charge is -2.43. The molecule has 5 aromatic rings. The molecule has 7 atom stereocenters. The number of aromatic nitrogens is 1. The molecule has 1 saturated heterocycles. The zero-order chi connectivity index (χ0) is 32.7. The Morgan fingerprint density at radius 2 is 1.62 bits per heavy atom. The molecule has 48 heavy (non-hydrogen) atoms. The van der Waals surface area contributed by atoms with E-state index in [1.165, 1.54) is 16.2 Å². The predicted molar refractivity (Wildman–Crippen MR) is 187 cm³/mol. The van der Waals surface area contributed by atoms with Crippen LogP contribution in [-0.4, -0.2) is 34.6 Å². The number of imide groups is 1. The normalized spacial score (nSPS) is 26.8. The van der Waals surface area contributed by atoms with Crippen molar-refractivity contribution in [3.8, 4) is 5.75 Å². The number of anilines is 2. The Kier molecular flexibility index (Phi) is 6.88. The Hall–Kier alpha value is -4.67. The summed E-state index contributed by atoms with van der Waals surface area (Å²) in [5.41, 5.74) is 3.48. The zero-order valence-electron chi connectivity index (χ0n) is 25.9. The first-order chi connectivity index (χ1) is 23.4. The number of carbonyl (C=O) groups excluding carboxylic acids is 3. The highest BCUT2D eigenvalue weighted by Gasteiger charge is 2.69. The lowest BCUT2D eigenvalue weighted by molar-refractivity contribution is -0.123. The van der Waals surface area contributed by atoms with Crippen LogP contribution in [0.3, 0.4) is 0 Å². The van der Waals surface area contributed by atoms with Crippen LogP contribution in [0, 0.1) is 36.5 Å². The topological polar surface area (TPSA) is 109 Å². The Morgan fingerprint density at radius 3 is 2.42 bits per heavy atom. The quantitative estimate of drug-likeness (QED) is 0.197. The number of hydrogen-bond donors (Lipinski definition) is 2. The third-order valence-corrected chi connectivity index (χ3v) is 13.3. The van der Waals surface area contributed by atoms with Crippen LogP contribution < -0.4 is 19.8 Å². The molecule has 2 N–H and O–H groups in total. The zero-order valence-corrected chi connectivity index (χ0v) is 27.6. The van der Waals surface area contributed by atoms with Crippen molar-refractivity contribution in [1.29, 1.82) is 0 Å². The first kappa shape index (κ1) is 29.5. The van der Waals surface area contributed by atoms with E-state index in [1.807, 2.05) is 97.9 Å². The van der Waals surface area contributed by atoms with Crippen LogP contribution in [0.15, 0.2) is 101 Å². The van der Waals surface area contributed by atoms with Gasteiger partial charge in [0.2, 0.25) is 11.8 Å². The number of thioether (sulfide) groups is 1. The van der Waals surface area contributed by atoms with Gasteiger partial charge in [-0.15, -0.1) is 11.8 Å². The predicted octanol–water partition coefficient (Wildman–Crippen LogP) is 6.59. The molecule has 9 rings (SSSR count). The third kappa shape index (κ3) is 4.57. The van der Waals surface area contributed by atoms with E-state index in [9.17, 15) is 19.2 Å². The summed E-state index contributed by atoms with van der Waals surface area (Å²) in [7, 11) is 0. The molecule has 2 saturated carbocycles. The van der Waals surface area contributed by atoms with Crippen LogP contribution in [0.5, 0.6) is 5.75 Å². The van der Waals surface area contributed by atoms with Crippen LogP contribution in [0.1, 0.15) is 28.3 Å². The smallest absolute Gasteiger partial charge is 0.305 e. The fourth-order valence-corrected chi connectivity index (χ4v) is 11.7. The minimum atomic E-state index is -0.353. The summed E-state index contributed by atoms with van der Waals surface area (Å²) >= 11 is 2.92. The minimum absolute atomic E-state index is 0.0356. The van der Waals surface area contributed by atoms with E-state index in [2.05, 4.69) is 10.3 Å². The fraction of sp³-hybridized carbons (Fsp3) is 0.263. The van der Waals surface area contributed by atoms with Gasteiger partial charge in [-0.2, -0.15) is 0 Å². The highest BCUT2D eigenvalue weighted by atomic mass is 32.2. The molecule has 8 nitrogen and oxygen atoms in total. The van der Waals surface area contributed by atoms with E-state index < -0.39 is 0 Å². The number of aryl methyl sites for hydroxylation is 1. The average molecular weight is 674 g/mol. The monoisotopic (exact) mass is 673 g/mol. The largest absolute Gasteiger partial charge is 0.484 e. The van der Waals surface area contributed by atoms with Gasteiger partial charge in [-0.3, -0.25) is 24.1 Å². The fourth-order valence-electron chi connectivity index (χ4n) is 8.78. The molecular weight excluding hydrogens is 643 g/mol. The number of fused-ring (bicyclic) bond motifs is 10. The van der Waals surface area contributed by atoms with Gasteiger partial charge in [0.25, 0.3) is 5.91 Å². The number of nitrogens with one attached hydrogen (secondary N) is 2. The van der Waals surface area contributed by atoms with Crippen molar-refractivity contribution in [3.63, 3.8) is 0 Å². The molecule has 2 aliphatic heterocycles. The van der Waals surface area contributed by atoms with E-state index in [0.717, 1.165) is 43.9 Å². The lowest BCUT2D eigenvalue weighted by Crippen LogP contribution is -2.42. The van der Waals surface area contributed by atoms with E-state index >= 15 is 0 Å². The summed E-state index contributed by atoms with van der Waals surface area (Å²) in [6.45, 7) is 1.84. The number of benzene rings is 4. The first-order valence-corrected chi connectivity index (χ1v) is 17.9. The number of amides is 3. The summed E-state index contributed by atoms with van der Waals surface area (Å²) in [5.74, 6) is -0.453. The Labute approximate surface area is 284 Å². The van der Waals surface area contributed by atoms with Crippen LogP contribution in [0.4, 0.5) is 11.4 Å². The second-order valence-corrected chi connectivity index (χ2v) is 15.4. The molecule has 4 aromatic carbocycles. The van der Waals surface area contributed by atoms with Crippen LogP contribution >= 0.6 is 23.1 Å². The number of aromatic amines is 1. The minimum Gasteiger partial charge on any atom is -0.484 e. The van der Waals surface area contributed by atoms with Crippen molar-refractivity contribution in [2.24, 2.45) is 29.6 Å².